The summed E-state index contributed by atoms with van der Waals surface area (Å²) in [4.78, 5) is 0. The summed E-state index contributed by atoms with van der Waals surface area (Å²) in [6.45, 7) is 9.94. The summed E-state index contributed by atoms with van der Waals surface area (Å²) in [6.07, 6.45) is 2.97. The molecule has 0 nitrogen and oxygen atoms in total. The van der Waals surface area contributed by atoms with Gasteiger partial charge in [-0.3, -0.25) is 0 Å². The van der Waals surface area contributed by atoms with Crippen molar-refractivity contribution in [1.82, 2.24) is 0 Å². The molecule has 2 heteroatoms. The van der Waals surface area contributed by atoms with Crippen LogP contribution < -0.4 is 10.4 Å². The fourth-order valence-corrected chi connectivity index (χ4v) is 11.2. The maximum absolute atomic E-state index is 2.70. The number of aryl methyl sites for hydroxylation is 2. The van der Waals surface area contributed by atoms with Crippen LogP contribution in [0.2, 0.25) is 37.3 Å². The first-order valence-electron chi connectivity index (χ1n) is 7.57. The molecule has 0 saturated carbocycles. The van der Waals surface area contributed by atoms with Crippen molar-refractivity contribution in [3.63, 3.8) is 0 Å². The van der Waals surface area contributed by atoms with Gasteiger partial charge in [-0.05, 0) is 13.8 Å². The van der Waals surface area contributed by atoms with Gasteiger partial charge in [-0.1, -0.05) is 83.7 Å². The number of hydrogen-bond acceptors (Lipinski definition) is 0. The van der Waals surface area contributed by atoms with Crippen LogP contribution >= 0.6 is 0 Å². The average Bonchev–Trinajstić information content (AvgIpc) is 2.23. The van der Waals surface area contributed by atoms with Crippen LogP contribution in [0.3, 0.4) is 0 Å². The van der Waals surface area contributed by atoms with E-state index in [2.05, 4.69) is 39.1 Å². The molecule has 0 aliphatic carbocycles. The smallest absolute Gasteiger partial charge is 0.0652 e. The minimum atomic E-state index is -1.02. The third-order valence-electron chi connectivity index (χ3n) is 5.79. The third kappa shape index (κ3) is 1.76. The molecule has 0 unspecified atom stereocenters. The first-order chi connectivity index (χ1) is 8.45. The standard InChI is InChI=1S/C16H26Si2/c1-13-11-14(2)16(18(4)9-6-10-18)12-15(13)17(3)7-5-8-17/h11-12H,5-10H2,1-4H3. The highest BCUT2D eigenvalue weighted by atomic mass is 28.3. The molecule has 2 heterocycles. The predicted molar refractivity (Wildman–Crippen MR) is 86.9 cm³/mol. The molecule has 0 spiro atoms. The van der Waals surface area contributed by atoms with E-state index in [4.69, 9.17) is 0 Å². The fourth-order valence-electron chi connectivity index (χ4n) is 4.11. The minimum absolute atomic E-state index is 1.02. The van der Waals surface area contributed by atoms with Crippen LogP contribution in [-0.2, 0) is 0 Å². The van der Waals surface area contributed by atoms with E-state index in [1.807, 2.05) is 10.4 Å². The minimum Gasteiger partial charge on any atom is -0.0652 e. The zero-order valence-electron chi connectivity index (χ0n) is 12.4. The predicted octanol–water partition coefficient (Wildman–Crippen LogP) is 3.68. The van der Waals surface area contributed by atoms with E-state index in [9.17, 15) is 0 Å². The zero-order valence-corrected chi connectivity index (χ0v) is 14.4. The van der Waals surface area contributed by atoms with Gasteiger partial charge in [0.1, 0.15) is 0 Å². The SMILES string of the molecule is Cc1cc(C)c([Si]2(C)CCC2)cc1[Si]1(C)CCC1. The highest BCUT2D eigenvalue weighted by molar-refractivity contribution is 6.96. The molecule has 2 aliphatic heterocycles. The lowest BCUT2D eigenvalue weighted by atomic mass is 10.1. The van der Waals surface area contributed by atoms with E-state index in [0.717, 1.165) is 0 Å². The lowest BCUT2D eigenvalue weighted by Crippen LogP contribution is -2.57. The molecule has 98 valence electrons. The van der Waals surface area contributed by atoms with Gasteiger partial charge in [-0.25, -0.2) is 0 Å². The van der Waals surface area contributed by atoms with Crippen molar-refractivity contribution in [2.24, 2.45) is 0 Å². The Kier molecular flexibility index (Phi) is 2.87. The van der Waals surface area contributed by atoms with E-state index in [1.165, 1.54) is 37.0 Å². The Morgan fingerprint density at radius 2 is 1.11 bits per heavy atom. The summed E-state index contributed by atoms with van der Waals surface area (Å²) < 4.78 is 0. The molecular weight excluding hydrogens is 248 g/mol. The molecule has 1 aromatic carbocycles. The molecule has 3 rings (SSSR count). The van der Waals surface area contributed by atoms with Crippen LogP contribution in [0.1, 0.15) is 24.0 Å². The molecule has 0 atom stereocenters. The van der Waals surface area contributed by atoms with E-state index < -0.39 is 16.1 Å². The van der Waals surface area contributed by atoms with Gasteiger partial charge in [-0.15, -0.1) is 0 Å². The normalized spacial score (nSPS) is 24.2. The second kappa shape index (κ2) is 4.07. The first-order valence-corrected chi connectivity index (χ1v) is 13.4. The quantitative estimate of drug-likeness (QED) is 0.722. The maximum Gasteiger partial charge on any atom is 0.0839 e. The monoisotopic (exact) mass is 274 g/mol. The first kappa shape index (κ1) is 12.7. The van der Waals surface area contributed by atoms with Crippen molar-refractivity contribution < 1.29 is 0 Å². The second-order valence-corrected chi connectivity index (χ2v) is 16.6. The molecule has 1 aromatic rings. The van der Waals surface area contributed by atoms with Crippen molar-refractivity contribution >= 4 is 26.5 Å². The van der Waals surface area contributed by atoms with Gasteiger partial charge in [0.15, 0.2) is 0 Å². The number of rotatable bonds is 2. The van der Waals surface area contributed by atoms with Gasteiger partial charge < -0.3 is 0 Å². The van der Waals surface area contributed by atoms with Gasteiger partial charge in [-0.2, -0.15) is 0 Å². The fraction of sp³-hybridized carbons (Fsp3) is 0.625. The molecule has 18 heavy (non-hydrogen) atoms. The van der Waals surface area contributed by atoms with Crippen molar-refractivity contribution in [3.8, 4) is 0 Å². The lowest BCUT2D eigenvalue weighted by Gasteiger charge is -2.42. The third-order valence-corrected chi connectivity index (χ3v) is 15.3. The summed E-state index contributed by atoms with van der Waals surface area (Å²) in [6, 6.07) is 11.4. The molecule has 0 amide bonds. The van der Waals surface area contributed by atoms with Crippen LogP contribution in [0, 0.1) is 13.8 Å². The van der Waals surface area contributed by atoms with Crippen molar-refractivity contribution in [1.29, 1.82) is 0 Å². The van der Waals surface area contributed by atoms with Gasteiger partial charge >= 0.3 is 0 Å². The van der Waals surface area contributed by atoms with Gasteiger partial charge in [0.2, 0.25) is 0 Å². The van der Waals surface area contributed by atoms with Crippen LogP contribution in [0.25, 0.3) is 0 Å². The summed E-state index contributed by atoms with van der Waals surface area (Å²) in [7, 11) is -2.03. The number of hydrogen-bond donors (Lipinski definition) is 0. The molecule has 0 bridgehead atoms. The molecule has 2 fully saturated rings. The molecule has 2 aliphatic rings. The van der Waals surface area contributed by atoms with Gasteiger partial charge in [0, 0.05) is 0 Å². The van der Waals surface area contributed by atoms with E-state index >= 15 is 0 Å². The molecule has 2 saturated heterocycles. The molecule has 0 radical (unpaired) electrons. The summed E-state index contributed by atoms with van der Waals surface area (Å²) in [5.41, 5.74) is 3.20. The van der Waals surface area contributed by atoms with E-state index in [1.54, 1.807) is 11.1 Å². The maximum atomic E-state index is 2.70. The van der Waals surface area contributed by atoms with Crippen LogP contribution in [0.4, 0.5) is 0 Å². The Balaban J connectivity index is 2.07. The Bertz CT molecular complexity index is 441. The van der Waals surface area contributed by atoms with E-state index in [0.29, 0.717) is 0 Å². The Morgan fingerprint density at radius 1 is 0.722 bits per heavy atom. The topological polar surface area (TPSA) is 0 Å². The Morgan fingerprint density at radius 3 is 1.39 bits per heavy atom. The summed E-state index contributed by atoms with van der Waals surface area (Å²) >= 11 is 0. The lowest BCUT2D eigenvalue weighted by molar-refractivity contribution is 0.912. The van der Waals surface area contributed by atoms with Crippen LogP contribution in [0.15, 0.2) is 12.1 Å². The van der Waals surface area contributed by atoms with E-state index in [-0.39, 0.29) is 0 Å². The van der Waals surface area contributed by atoms with Crippen molar-refractivity contribution in [2.45, 2.75) is 64.0 Å². The summed E-state index contributed by atoms with van der Waals surface area (Å²) in [5, 5.41) is 3.63. The highest BCUT2D eigenvalue weighted by Gasteiger charge is 2.41. The Hall–Kier alpha value is -0.346. The van der Waals surface area contributed by atoms with Crippen molar-refractivity contribution in [2.75, 3.05) is 0 Å². The van der Waals surface area contributed by atoms with Gasteiger partial charge in [0.25, 0.3) is 0 Å². The summed E-state index contributed by atoms with van der Waals surface area (Å²) in [5.74, 6) is 0. The molecule has 0 aromatic heterocycles. The average molecular weight is 275 g/mol. The second-order valence-electron chi connectivity index (χ2n) is 7.31. The highest BCUT2D eigenvalue weighted by Crippen LogP contribution is 2.35. The van der Waals surface area contributed by atoms with Gasteiger partial charge in [0.05, 0.1) is 16.1 Å². The Labute approximate surface area is 114 Å². The van der Waals surface area contributed by atoms with Crippen LogP contribution in [-0.4, -0.2) is 16.1 Å². The number of benzene rings is 1. The van der Waals surface area contributed by atoms with Crippen LogP contribution in [0.5, 0.6) is 0 Å². The largest absolute Gasteiger partial charge is 0.0839 e. The molecule has 0 N–H and O–H groups in total. The zero-order chi connectivity index (χ0) is 13.0. The molecular formula is C16H26Si2. The van der Waals surface area contributed by atoms with Crippen molar-refractivity contribution in [3.05, 3.63) is 23.3 Å².